The summed E-state index contributed by atoms with van der Waals surface area (Å²) in [5, 5.41) is 16.3. The Kier molecular flexibility index (Phi) is 4.42. The Hall–Kier alpha value is -1.85. The lowest BCUT2D eigenvalue weighted by Gasteiger charge is -2.39. The zero-order valence-corrected chi connectivity index (χ0v) is 11.7. The first-order valence-corrected chi connectivity index (χ1v) is 7.06. The van der Waals surface area contributed by atoms with Gasteiger partial charge in [-0.25, -0.2) is 4.79 Å². The van der Waals surface area contributed by atoms with Crippen LogP contribution in [0.1, 0.15) is 39.0 Å². The summed E-state index contributed by atoms with van der Waals surface area (Å²) in [7, 11) is 0. The van der Waals surface area contributed by atoms with E-state index in [9.17, 15) is 14.7 Å². The molecule has 0 bridgehead atoms. The molecule has 0 spiro atoms. The van der Waals surface area contributed by atoms with E-state index in [1.165, 1.54) is 0 Å². The van der Waals surface area contributed by atoms with Crippen molar-refractivity contribution in [1.82, 2.24) is 15.1 Å². The second kappa shape index (κ2) is 6.07. The van der Waals surface area contributed by atoms with Crippen LogP contribution in [0.2, 0.25) is 0 Å². The molecule has 6 nitrogen and oxygen atoms in total. The first kappa shape index (κ1) is 14.6. The van der Waals surface area contributed by atoms with Crippen LogP contribution < -0.4 is 5.32 Å². The number of hydrogen-bond donors (Lipinski definition) is 2. The molecule has 1 fully saturated rings. The van der Waals surface area contributed by atoms with Crippen LogP contribution in [0, 0.1) is 5.92 Å². The Bertz CT molecular complexity index is 472. The number of carbonyl (C=O) groups is 2. The minimum absolute atomic E-state index is 0.0394. The molecule has 2 unspecified atom stereocenters. The molecule has 0 saturated heterocycles. The topological polar surface area (TPSA) is 84.2 Å². The number of aliphatic carboxylic acids is 1. The third kappa shape index (κ3) is 3.00. The van der Waals surface area contributed by atoms with E-state index in [4.69, 9.17) is 0 Å². The van der Waals surface area contributed by atoms with Gasteiger partial charge in [-0.3, -0.25) is 9.48 Å². The number of hydrogen-bond acceptors (Lipinski definition) is 3. The molecule has 6 heteroatoms. The number of carbonyl (C=O) groups excluding carboxylic acids is 1. The van der Waals surface area contributed by atoms with Crippen LogP contribution in [-0.2, 0) is 16.1 Å². The van der Waals surface area contributed by atoms with Crippen LogP contribution in [0.3, 0.4) is 0 Å². The van der Waals surface area contributed by atoms with Crippen LogP contribution in [0.15, 0.2) is 18.5 Å². The Labute approximate surface area is 118 Å². The average molecular weight is 279 g/mol. The van der Waals surface area contributed by atoms with E-state index in [2.05, 4.69) is 10.4 Å². The number of nitrogens with one attached hydrogen (secondary N) is 1. The first-order chi connectivity index (χ1) is 9.54. The van der Waals surface area contributed by atoms with Gasteiger partial charge in [0.2, 0.25) is 5.91 Å². The summed E-state index contributed by atoms with van der Waals surface area (Å²) in [6, 6.07) is 1.79. The minimum atomic E-state index is -1.10. The second-order valence-electron chi connectivity index (χ2n) is 5.49. The Morgan fingerprint density at radius 2 is 2.30 bits per heavy atom. The number of nitrogens with zero attached hydrogens (tertiary/aromatic N) is 2. The Morgan fingerprint density at radius 1 is 1.50 bits per heavy atom. The molecule has 2 N–H and O–H groups in total. The molecule has 2 rings (SSSR count). The largest absolute Gasteiger partial charge is 0.479 e. The lowest BCUT2D eigenvalue weighted by Crippen LogP contribution is -2.60. The molecule has 110 valence electrons. The normalized spacial score (nSPS) is 26.1. The predicted octanol–water partition coefficient (Wildman–Crippen LogP) is 1.42. The van der Waals surface area contributed by atoms with Crippen molar-refractivity contribution in [3.63, 3.8) is 0 Å². The molecule has 20 heavy (non-hydrogen) atoms. The second-order valence-corrected chi connectivity index (χ2v) is 5.49. The van der Waals surface area contributed by atoms with Gasteiger partial charge in [-0.05, 0) is 24.8 Å². The fourth-order valence-corrected chi connectivity index (χ4v) is 2.86. The van der Waals surface area contributed by atoms with Crippen molar-refractivity contribution in [3.8, 4) is 0 Å². The van der Waals surface area contributed by atoms with Gasteiger partial charge >= 0.3 is 5.97 Å². The van der Waals surface area contributed by atoms with E-state index in [-0.39, 0.29) is 18.2 Å². The van der Waals surface area contributed by atoms with Gasteiger partial charge in [-0.1, -0.05) is 19.8 Å². The summed E-state index contributed by atoms with van der Waals surface area (Å²) in [5.74, 6) is -1.18. The maximum Gasteiger partial charge on any atom is 0.329 e. The van der Waals surface area contributed by atoms with Gasteiger partial charge in [0.1, 0.15) is 5.54 Å². The van der Waals surface area contributed by atoms with E-state index in [0.29, 0.717) is 13.0 Å². The molecular formula is C14H21N3O3. The van der Waals surface area contributed by atoms with Gasteiger partial charge in [0, 0.05) is 25.4 Å². The Morgan fingerprint density at radius 3 is 2.90 bits per heavy atom. The van der Waals surface area contributed by atoms with E-state index in [1.807, 2.05) is 6.92 Å². The predicted molar refractivity (Wildman–Crippen MR) is 73.0 cm³/mol. The number of amides is 1. The summed E-state index contributed by atoms with van der Waals surface area (Å²) in [6.07, 6.45) is 6.89. The standard InChI is InChI=1S/C14H21N3O3/c1-11-5-2-3-7-14(11,13(19)20)16-12(18)6-10-17-9-4-8-15-17/h4,8-9,11H,2-3,5-7,10H2,1H3,(H,16,18)(H,19,20). The molecular weight excluding hydrogens is 258 g/mol. The molecule has 1 aliphatic rings. The average Bonchev–Trinajstić information content (AvgIpc) is 2.92. The number of carboxylic acids is 1. The van der Waals surface area contributed by atoms with E-state index in [0.717, 1.165) is 19.3 Å². The molecule has 1 aromatic heterocycles. The molecule has 1 amide bonds. The highest BCUT2D eigenvalue weighted by Gasteiger charge is 2.46. The molecule has 2 atom stereocenters. The van der Waals surface area contributed by atoms with Crippen molar-refractivity contribution in [2.75, 3.05) is 0 Å². The summed E-state index contributed by atoms with van der Waals surface area (Å²) < 4.78 is 1.66. The molecule has 1 saturated carbocycles. The molecule has 1 aromatic rings. The maximum atomic E-state index is 12.0. The van der Waals surface area contributed by atoms with Crippen molar-refractivity contribution >= 4 is 11.9 Å². The van der Waals surface area contributed by atoms with E-state index < -0.39 is 11.5 Å². The zero-order valence-electron chi connectivity index (χ0n) is 11.7. The fourth-order valence-electron chi connectivity index (χ4n) is 2.86. The SMILES string of the molecule is CC1CCCCC1(NC(=O)CCn1cccn1)C(=O)O. The van der Waals surface area contributed by atoms with Gasteiger partial charge < -0.3 is 10.4 Å². The first-order valence-electron chi connectivity index (χ1n) is 7.06. The van der Waals surface area contributed by atoms with Crippen molar-refractivity contribution in [1.29, 1.82) is 0 Å². The van der Waals surface area contributed by atoms with Crippen LogP contribution in [0.4, 0.5) is 0 Å². The number of aryl methyl sites for hydroxylation is 1. The summed E-state index contributed by atoms with van der Waals surface area (Å²) in [4.78, 5) is 23.7. The van der Waals surface area contributed by atoms with Crippen molar-refractivity contribution < 1.29 is 14.7 Å². The van der Waals surface area contributed by atoms with Crippen molar-refractivity contribution in [2.24, 2.45) is 5.92 Å². The summed E-state index contributed by atoms with van der Waals surface area (Å²) in [6.45, 7) is 2.37. The summed E-state index contributed by atoms with van der Waals surface area (Å²) in [5.41, 5.74) is -1.10. The van der Waals surface area contributed by atoms with Crippen LogP contribution in [0.5, 0.6) is 0 Å². The van der Waals surface area contributed by atoms with Crippen LogP contribution in [-0.4, -0.2) is 32.3 Å². The van der Waals surface area contributed by atoms with Gasteiger partial charge in [-0.2, -0.15) is 5.10 Å². The van der Waals surface area contributed by atoms with Gasteiger partial charge in [0.25, 0.3) is 0 Å². The van der Waals surface area contributed by atoms with Gasteiger partial charge in [0.05, 0.1) is 0 Å². The summed E-state index contributed by atoms with van der Waals surface area (Å²) >= 11 is 0. The lowest BCUT2D eigenvalue weighted by atomic mass is 9.73. The maximum absolute atomic E-state index is 12.0. The highest BCUT2D eigenvalue weighted by Crippen LogP contribution is 2.34. The van der Waals surface area contributed by atoms with Gasteiger partial charge in [0.15, 0.2) is 0 Å². The van der Waals surface area contributed by atoms with Crippen molar-refractivity contribution in [3.05, 3.63) is 18.5 Å². The molecule has 0 aromatic carbocycles. The lowest BCUT2D eigenvalue weighted by molar-refractivity contribution is -0.152. The smallest absolute Gasteiger partial charge is 0.329 e. The quantitative estimate of drug-likeness (QED) is 0.853. The van der Waals surface area contributed by atoms with Crippen molar-refractivity contribution in [2.45, 2.75) is 51.1 Å². The zero-order chi connectivity index (χ0) is 14.6. The molecule has 1 heterocycles. The fraction of sp³-hybridized carbons (Fsp3) is 0.643. The Balaban J connectivity index is 1.97. The molecule has 1 aliphatic carbocycles. The third-order valence-electron chi connectivity index (χ3n) is 4.17. The number of rotatable bonds is 5. The van der Waals surface area contributed by atoms with Crippen LogP contribution in [0.25, 0.3) is 0 Å². The number of aromatic nitrogens is 2. The molecule has 0 aliphatic heterocycles. The number of carboxylic acid groups (broad SMARTS) is 1. The van der Waals surface area contributed by atoms with E-state index in [1.54, 1.807) is 23.1 Å². The highest BCUT2D eigenvalue weighted by molar-refractivity contribution is 5.87. The van der Waals surface area contributed by atoms with Crippen LogP contribution >= 0.6 is 0 Å². The monoisotopic (exact) mass is 279 g/mol. The highest BCUT2D eigenvalue weighted by atomic mass is 16.4. The molecule has 0 radical (unpaired) electrons. The minimum Gasteiger partial charge on any atom is -0.479 e. The van der Waals surface area contributed by atoms with E-state index >= 15 is 0 Å². The third-order valence-corrected chi connectivity index (χ3v) is 4.17. The van der Waals surface area contributed by atoms with Gasteiger partial charge in [-0.15, -0.1) is 0 Å².